The highest BCUT2D eigenvalue weighted by Crippen LogP contribution is 2.54. The molecule has 6 aliphatic heterocycles. The topological polar surface area (TPSA) is 41.1 Å². The summed E-state index contributed by atoms with van der Waals surface area (Å²) in [6.45, 7) is -1.24. The van der Waals surface area contributed by atoms with Crippen LogP contribution in [0.2, 0.25) is 0 Å². The number of para-hydroxylation sites is 9. The lowest BCUT2D eigenvalue weighted by atomic mass is 9.36. The number of benzene rings is 12. The van der Waals surface area contributed by atoms with Gasteiger partial charge in [-0.25, -0.2) is 22.0 Å². The maximum atomic E-state index is 17.0. The van der Waals surface area contributed by atoms with Gasteiger partial charge in [-0.1, -0.05) is 133 Å². The molecule has 488 valence electrons. The predicted octanol–water partition coefficient (Wildman–Crippen LogP) is 16.7. The second-order valence-electron chi connectivity index (χ2n) is 26.2. The third-order valence-electron chi connectivity index (χ3n) is 20.8. The van der Waals surface area contributed by atoms with E-state index in [0.29, 0.717) is 57.1 Å². The fourth-order valence-electron chi connectivity index (χ4n) is 16.6. The molecule has 0 aliphatic carbocycles. The molecule has 2 aromatic heterocycles. The molecule has 9 nitrogen and oxygen atoms in total. The molecule has 0 saturated carbocycles. The Bertz CT molecular complexity index is 5760. The van der Waals surface area contributed by atoms with Gasteiger partial charge in [0.05, 0.1) is 39.8 Å². The SMILES string of the molecule is CN1c2cc(N(c3ccccc3)c3c(F)cccc3F)cc3c2B(c2ccccc2O3)c2sc3c(c21)Oc1cc(N(c2ccccc2)c2ccccc2)cc2c1B3c1sc3c(c1N2C)N(C)c1cc(N(c2ccccc2)c2c(F)cccc2F)cc2c1B3c1ccccc1N2c1ccccc1F. The van der Waals surface area contributed by atoms with Crippen LogP contribution in [0.25, 0.3) is 0 Å². The number of hydrogen-bond acceptors (Lipinski definition) is 11. The molecule has 0 saturated heterocycles. The van der Waals surface area contributed by atoms with E-state index in [-0.39, 0.29) is 18.1 Å². The van der Waals surface area contributed by atoms with Crippen LogP contribution < -0.4 is 90.2 Å². The Morgan fingerprint density at radius 1 is 0.294 bits per heavy atom. The smallest absolute Gasteiger partial charge is 0.281 e. The van der Waals surface area contributed by atoms with Gasteiger partial charge in [-0.05, 0) is 149 Å². The molecule has 19 heteroatoms. The van der Waals surface area contributed by atoms with Crippen molar-refractivity contribution >= 4 is 192 Å². The summed E-state index contributed by atoms with van der Waals surface area (Å²) in [4.78, 5) is 14.2. The van der Waals surface area contributed by atoms with Crippen LogP contribution in [-0.2, 0) is 0 Å². The van der Waals surface area contributed by atoms with Crippen molar-refractivity contribution in [3.63, 3.8) is 0 Å². The van der Waals surface area contributed by atoms with E-state index < -0.39 is 42.5 Å². The van der Waals surface area contributed by atoms with Gasteiger partial charge in [-0.15, -0.1) is 0 Å². The molecule has 0 spiro atoms. The molecule has 6 aliphatic rings. The first-order chi connectivity index (χ1) is 50.0. The molecule has 8 heterocycles. The van der Waals surface area contributed by atoms with E-state index in [9.17, 15) is 0 Å². The molecule has 0 bridgehead atoms. The summed E-state index contributed by atoms with van der Waals surface area (Å²) in [5.74, 6) is -0.835. The summed E-state index contributed by atoms with van der Waals surface area (Å²) in [7, 11) is 6.25. The number of hydrogen-bond donors (Lipinski definition) is 0. The highest BCUT2D eigenvalue weighted by atomic mass is 32.1. The summed E-state index contributed by atoms with van der Waals surface area (Å²) >= 11 is 3.49. The summed E-state index contributed by atoms with van der Waals surface area (Å²) in [5.41, 5.74) is 15.9. The number of anilines is 18. The minimum Gasteiger partial charge on any atom is -0.458 e. The fourth-order valence-corrected chi connectivity index (χ4v) is 19.8. The number of ether oxygens (including phenoxy) is 2. The Kier molecular flexibility index (Phi) is 13.4. The summed E-state index contributed by atoms with van der Waals surface area (Å²) < 4.78 is 103. The summed E-state index contributed by atoms with van der Waals surface area (Å²) in [5, 5.41) is 0. The Balaban J connectivity index is 0.851. The second-order valence-corrected chi connectivity index (χ2v) is 28.4. The monoisotopic (exact) mass is 1370 g/mol. The molecule has 0 atom stereocenters. The van der Waals surface area contributed by atoms with Gasteiger partial charge >= 0.3 is 0 Å². The quantitative estimate of drug-likeness (QED) is 0.0984. The highest BCUT2D eigenvalue weighted by Gasteiger charge is 2.54. The van der Waals surface area contributed by atoms with Crippen LogP contribution in [-0.4, -0.2) is 41.3 Å². The predicted molar refractivity (Wildman–Crippen MR) is 411 cm³/mol. The molecule has 14 aromatic rings. The van der Waals surface area contributed by atoms with E-state index >= 15 is 22.0 Å². The minimum atomic E-state index is -0.752. The molecular weight excluding hydrogens is 1320 g/mol. The first-order valence-corrected chi connectivity index (χ1v) is 35.3. The average molecular weight is 1370 g/mol. The van der Waals surface area contributed by atoms with Crippen LogP contribution in [0, 0.1) is 29.1 Å². The molecule has 0 fully saturated rings. The molecular formula is C83H53B3F5N7O2S2. The zero-order valence-corrected chi connectivity index (χ0v) is 56.4. The maximum absolute atomic E-state index is 17.0. The van der Waals surface area contributed by atoms with Crippen molar-refractivity contribution in [2.75, 3.05) is 55.4 Å². The average Bonchev–Trinajstić information content (AvgIpc) is 1.47. The van der Waals surface area contributed by atoms with Crippen molar-refractivity contribution in [3.05, 3.63) is 296 Å². The zero-order chi connectivity index (χ0) is 68.5. The highest BCUT2D eigenvalue weighted by molar-refractivity contribution is 7.44. The molecule has 0 radical (unpaired) electrons. The van der Waals surface area contributed by atoms with E-state index in [1.807, 2.05) is 176 Å². The van der Waals surface area contributed by atoms with Crippen molar-refractivity contribution in [1.29, 1.82) is 0 Å². The third-order valence-corrected chi connectivity index (χ3v) is 23.4. The number of nitrogens with zero attached hydrogens (tertiary/aromatic N) is 7. The van der Waals surface area contributed by atoms with Gasteiger partial charge in [-0.3, -0.25) is 0 Å². The van der Waals surface area contributed by atoms with Crippen molar-refractivity contribution in [3.8, 4) is 23.0 Å². The van der Waals surface area contributed by atoms with E-state index in [2.05, 4.69) is 82.2 Å². The Morgan fingerprint density at radius 2 is 0.676 bits per heavy atom. The maximum Gasteiger partial charge on any atom is 0.281 e. The minimum absolute atomic E-state index is 0.226. The van der Waals surface area contributed by atoms with Gasteiger partial charge in [-0.2, -0.15) is 22.7 Å². The first kappa shape index (κ1) is 60.1. The van der Waals surface area contributed by atoms with Crippen molar-refractivity contribution in [2.24, 2.45) is 0 Å². The normalized spacial score (nSPS) is 13.5. The number of rotatable bonds is 10. The largest absolute Gasteiger partial charge is 0.458 e. The molecule has 0 unspecified atom stereocenters. The first-order valence-electron chi connectivity index (χ1n) is 33.6. The fraction of sp³-hybridized carbons (Fsp3) is 0.0361. The van der Waals surface area contributed by atoms with Crippen LogP contribution in [0.4, 0.5) is 124 Å². The van der Waals surface area contributed by atoms with Gasteiger partial charge in [0.1, 0.15) is 57.7 Å². The molecule has 102 heavy (non-hydrogen) atoms. The number of halogens is 5. The van der Waals surface area contributed by atoms with Crippen LogP contribution in [0.5, 0.6) is 23.0 Å². The zero-order valence-electron chi connectivity index (χ0n) is 54.8. The molecule has 12 aromatic carbocycles. The number of fused-ring (bicyclic) bond motifs is 14. The Morgan fingerprint density at radius 3 is 1.24 bits per heavy atom. The molecule has 20 rings (SSSR count). The molecule has 0 N–H and O–H groups in total. The lowest BCUT2D eigenvalue weighted by Crippen LogP contribution is -2.60. The van der Waals surface area contributed by atoms with Crippen LogP contribution >= 0.6 is 22.7 Å². The standard InChI is InChI=1S/C83H53B3F5N7O2S2/c1-92-64-42-52(96(50-28-12-6-13-29-50)74-58(88)35-22-36-59(74)89)45-67-71(64)84(55-32-16-19-39-62(55)98(67)63-40-20-18-34-57(63)87)80-76(92)77-81(101-80)86-73-66(93(77)2)43-53(95(48-24-8-4-9-25-48)49-26-10-5-11-27-49)46-70(73)100-79-78-82(102-83(79)86)85-56-33-17-21-41-68(56)99-69-47-54(44-65(72(69)85)94(78)3)97(51-30-14-7-15-31-51)75-60(90)37-23-38-61(75)91/h4-47H,1-3H3. The second kappa shape index (κ2) is 22.8. The van der Waals surface area contributed by atoms with Crippen molar-refractivity contribution < 1.29 is 31.4 Å². The van der Waals surface area contributed by atoms with Gasteiger partial charge in [0.2, 0.25) is 0 Å². The van der Waals surface area contributed by atoms with Crippen molar-refractivity contribution in [2.45, 2.75) is 0 Å². The van der Waals surface area contributed by atoms with Gasteiger partial charge in [0.15, 0.2) is 5.75 Å². The van der Waals surface area contributed by atoms with E-state index in [1.54, 1.807) is 44.6 Å². The van der Waals surface area contributed by atoms with Crippen LogP contribution in [0.3, 0.4) is 0 Å². The van der Waals surface area contributed by atoms with Gasteiger partial charge < -0.3 is 43.8 Å². The van der Waals surface area contributed by atoms with Crippen molar-refractivity contribution in [1.82, 2.24) is 0 Å². The third kappa shape index (κ3) is 8.70. The summed E-state index contributed by atoms with van der Waals surface area (Å²) in [6, 6.07) is 82.3. The lowest BCUT2D eigenvalue weighted by Gasteiger charge is -2.44. The van der Waals surface area contributed by atoms with Crippen LogP contribution in [0.1, 0.15) is 0 Å². The Labute approximate surface area is 593 Å². The Hall–Kier alpha value is -11.9. The molecule has 0 amide bonds. The van der Waals surface area contributed by atoms with E-state index in [1.165, 1.54) is 42.5 Å². The summed E-state index contributed by atoms with van der Waals surface area (Å²) in [6.07, 6.45) is 0. The van der Waals surface area contributed by atoms with E-state index in [0.717, 1.165) is 103 Å². The van der Waals surface area contributed by atoms with Gasteiger partial charge in [0.25, 0.3) is 20.1 Å². The number of thiophene rings is 2. The lowest BCUT2D eigenvalue weighted by molar-refractivity contribution is 0.486. The van der Waals surface area contributed by atoms with Gasteiger partial charge in [0, 0.05) is 104 Å². The van der Waals surface area contributed by atoms with Crippen LogP contribution in [0.15, 0.2) is 267 Å². The van der Waals surface area contributed by atoms with E-state index in [4.69, 9.17) is 9.47 Å².